The lowest BCUT2D eigenvalue weighted by Gasteiger charge is -2.17. The first kappa shape index (κ1) is 10.3. The van der Waals surface area contributed by atoms with Gasteiger partial charge in [-0.3, -0.25) is 4.99 Å². The average Bonchev–Trinajstić information content (AvgIpc) is 2.50. The van der Waals surface area contributed by atoms with Crippen molar-refractivity contribution < 1.29 is 4.74 Å². The van der Waals surface area contributed by atoms with Gasteiger partial charge in [-0.15, -0.1) is 0 Å². The van der Waals surface area contributed by atoms with Crippen LogP contribution in [0.2, 0.25) is 0 Å². The largest absolute Gasteiger partial charge is 0.380 e. The van der Waals surface area contributed by atoms with Crippen LogP contribution in [-0.4, -0.2) is 43.2 Å². The van der Waals surface area contributed by atoms with Gasteiger partial charge in [-0.25, -0.2) is 0 Å². The first-order chi connectivity index (χ1) is 6.13. The Balaban J connectivity index is 2.46. The number of likely N-dealkylation sites (tertiary alicyclic amines) is 1. The third-order valence-electron chi connectivity index (χ3n) is 2.19. The maximum Gasteiger partial charge on any atom is 0.191 e. The maximum atomic E-state index is 5.82. The highest BCUT2D eigenvalue weighted by Gasteiger charge is 2.23. The highest BCUT2D eigenvalue weighted by molar-refractivity contribution is 5.78. The molecule has 4 heteroatoms. The Morgan fingerprint density at radius 2 is 2.31 bits per heavy atom. The van der Waals surface area contributed by atoms with E-state index in [0.29, 0.717) is 12.1 Å². The molecule has 0 amide bonds. The Morgan fingerprint density at radius 3 is 2.77 bits per heavy atom. The SMILES string of the molecule is COC1CCN(C(N)=NC(C)C)C1. The first-order valence-corrected chi connectivity index (χ1v) is 4.74. The Hall–Kier alpha value is -0.770. The van der Waals surface area contributed by atoms with E-state index in [2.05, 4.69) is 9.89 Å². The molecule has 0 bridgehead atoms. The summed E-state index contributed by atoms with van der Waals surface area (Å²) >= 11 is 0. The topological polar surface area (TPSA) is 50.9 Å². The standard InChI is InChI=1S/C9H19N3O/c1-7(2)11-9(10)12-5-4-8(6-12)13-3/h7-8H,4-6H2,1-3H3,(H2,10,11). The van der Waals surface area contributed by atoms with Crippen molar-refractivity contribution in [3.63, 3.8) is 0 Å². The maximum absolute atomic E-state index is 5.82. The average molecular weight is 185 g/mol. The Labute approximate surface area is 79.8 Å². The molecule has 0 aromatic rings. The summed E-state index contributed by atoms with van der Waals surface area (Å²) in [4.78, 5) is 6.37. The van der Waals surface area contributed by atoms with Crippen LogP contribution in [0.1, 0.15) is 20.3 Å². The minimum absolute atomic E-state index is 0.265. The zero-order chi connectivity index (χ0) is 9.84. The van der Waals surface area contributed by atoms with Gasteiger partial charge in [-0.2, -0.15) is 0 Å². The monoisotopic (exact) mass is 185 g/mol. The Kier molecular flexibility index (Phi) is 3.54. The van der Waals surface area contributed by atoms with Crippen molar-refractivity contribution in [2.24, 2.45) is 10.7 Å². The summed E-state index contributed by atoms with van der Waals surface area (Å²) in [6, 6.07) is 0.265. The molecule has 1 rings (SSSR count). The summed E-state index contributed by atoms with van der Waals surface area (Å²) in [5.41, 5.74) is 5.82. The van der Waals surface area contributed by atoms with Gasteiger partial charge in [0.15, 0.2) is 5.96 Å². The summed E-state index contributed by atoms with van der Waals surface area (Å²) in [6.45, 7) is 5.88. The lowest BCUT2D eigenvalue weighted by Crippen LogP contribution is -2.37. The van der Waals surface area contributed by atoms with E-state index >= 15 is 0 Å². The number of nitrogens with two attached hydrogens (primary N) is 1. The van der Waals surface area contributed by atoms with E-state index in [0.717, 1.165) is 19.5 Å². The molecule has 0 saturated carbocycles. The van der Waals surface area contributed by atoms with Crippen LogP contribution >= 0.6 is 0 Å². The number of aliphatic imine (C=N–C) groups is 1. The fourth-order valence-electron chi connectivity index (χ4n) is 1.47. The Morgan fingerprint density at radius 1 is 1.62 bits per heavy atom. The highest BCUT2D eigenvalue weighted by Crippen LogP contribution is 2.11. The summed E-state index contributed by atoms with van der Waals surface area (Å²) in [6.07, 6.45) is 1.37. The lowest BCUT2D eigenvalue weighted by molar-refractivity contribution is 0.114. The lowest BCUT2D eigenvalue weighted by atomic mass is 10.3. The quantitative estimate of drug-likeness (QED) is 0.501. The molecule has 0 aromatic carbocycles. The smallest absolute Gasteiger partial charge is 0.191 e. The van der Waals surface area contributed by atoms with Crippen LogP contribution in [0.25, 0.3) is 0 Å². The summed E-state index contributed by atoms with van der Waals surface area (Å²) < 4.78 is 5.24. The van der Waals surface area contributed by atoms with Gasteiger partial charge < -0.3 is 15.4 Å². The molecule has 0 aromatic heterocycles. The van der Waals surface area contributed by atoms with Crippen molar-refractivity contribution in [3.05, 3.63) is 0 Å². The third-order valence-corrected chi connectivity index (χ3v) is 2.19. The van der Waals surface area contributed by atoms with Crippen LogP contribution in [-0.2, 0) is 4.74 Å². The second kappa shape index (κ2) is 4.46. The molecule has 1 atom stereocenters. The number of hydrogen-bond acceptors (Lipinski definition) is 2. The molecule has 0 spiro atoms. The molecule has 0 radical (unpaired) electrons. The molecule has 1 fully saturated rings. The zero-order valence-electron chi connectivity index (χ0n) is 8.66. The highest BCUT2D eigenvalue weighted by atomic mass is 16.5. The number of rotatable bonds is 2. The van der Waals surface area contributed by atoms with Gasteiger partial charge >= 0.3 is 0 Å². The van der Waals surface area contributed by atoms with Crippen LogP contribution in [0.15, 0.2) is 4.99 Å². The van der Waals surface area contributed by atoms with Crippen molar-refractivity contribution in [2.45, 2.75) is 32.4 Å². The van der Waals surface area contributed by atoms with E-state index in [-0.39, 0.29) is 6.04 Å². The van der Waals surface area contributed by atoms with E-state index in [9.17, 15) is 0 Å². The van der Waals surface area contributed by atoms with Crippen molar-refractivity contribution in [1.82, 2.24) is 4.90 Å². The summed E-state index contributed by atoms with van der Waals surface area (Å²) in [7, 11) is 1.74. The molecule has 76 valence electrons. The molecule has 1 aliphatic heterocycles. The third kappa shape index (κ3) is 2.88. The number of guanidine groups is 1. The molecule has 0 aliphatic carbocycles. The number of hydrogen-bond donors (Lipinski definition) is 1. The molecular formula is C9H19N3O. The molecule has 4 nitrogen and oxygen atoms in total. The van der Waals surface area contributed by atoms with E-state index in [4.69, 9.17) is 10.5 Å². The zero-order valence-corrected chi connectivity index (χ0v) is 8.66. The number of methoxy groups -OCH3 is 1. The van der Waals surface area contributed by atoms with Gasteiger partial charge in [-0.05, 0) is 20.3 Å². The first-order valence-electron chi connectivity index (χ1n) is 4.74. The van der Waals surface area contributed by atoms with Crippen LogP contribution in [0.3, 0.4) is 0 Å². The van der Waals surface area contributed by atoms with Gasteiger partial charge in [0.1, 0.15) is 0 Å². The fraction of sp³-hybridized carbons (Fsp3) is 0.889. The molecule has 1 saturated heterocycles. The van der Waals surface area contributed by atoms with Crippen LogP contribution in [0.5, 0.6) is 0 Å². The fourth-order valence-corrected chi connectivity index (χ4v) is 1.47. The molecule has 2 N–H and O–H groups in total. The van der Waals surface area contributed by atoms with Gasteiger partial charge in [0.25, 0.3) is 0 Å². The summed E-state index contributed by atoms with van der Waals surface area (Å²) in [5, 5.41) is 0. The van der Waals surface area contributed by atoms with E-state index in [1.54, 1.807) is 7.11 Å². The molecule has 1 aliphatic rings. The van der Waals surface area contributed by atoms with Crippen molar-refractivity contribution in [3.8, 4) is 0 Å². The minimum atomic E-state index is 0.265. The Bertz CT molecular complexity index is 191. The predicted octanol–water partition coefficient (Wildman–Crippen LogP) is 0.430. The second-order valence-corrected chi connectivity index (χ2v) is 3.67. The van der Waals surface area contributed by atoms with Crippen LogP contribution in [0, 0.1) is 0 Å². The predicted molar refractivity (Wildman–Crippen MR) is 53.7 cm³/mol. The molecular weight excluding hydrogens is 166 g/mol. The van der Waals surface area contributed by atoms with Crippen molar-refractivity contribution >= 4 is 5.96 Å². The van der Waals surface area contributed by atoms with Crippen molar-refractivity contribution in [1.29, 1.82) is 0 Å². The molecule has 1 unspecified atom stereocenters. The van der Waals surface area contributed by atoms with E-state index in [1.807, 2.05) is 13.8 Å². The van der Waals surface area contributed by atoms with Gasteiger partial charge in [-0.1, -0.05) is 0 Å². The van der Waals surface area contributed by atoms with E-state index in [1.165, 1.54) is 0 Å². The van der Waals surface area contributed by atoms with Crippen molar-refractivity contribution in [2.75, 3.05) is 20.2 Å². The normalized spacial score (nSPS) is 24.5. The molecule has 13 heavy (non-hydrogen) atoms. The van der Waals surface area contributed by atoms with E-state index < -0.39 is 0 Å². The van der Waals surface area contributed by atoms with Gasteiger partial charge in [0, 0.05) is 26.2 Å². The molecule has 1 heterocycles. The van der Waals surface area contributed by atoms with Crippen LogP contribution in [0.4, 0.5) is 0 Å². The number of nitrogens with zero attached hydrogens (tertiary/aromatic N) is 2. The van der Waals surface area contributed by atoms with Gasteiger partial charge in [0.2, 0.25) is 0 Å². The second-order valence-electron chi connectivity index (χ2n) is 3.67. The van der Waals surface area contributed by atoms with Crippen LogP contribution < -0.4 is 5.73 Å². The van der Waals surface area contributed by atoms with Gasteiger partial charge in [0.05, 0.1) is 6.10 Å². The number of ether oxygens (including phenoxy) is 1. The minimum Gasteiger partial charge on any atom is -0.380 e. The summed E-state index contributed by atoms with van der Waals surface area (Å²) in [5.74, 6) is 0.648.